The van der Waals surface area contributed by atoms with Crippen LogP contribution in [-0.4, -0.2) is 39.3 Å². The van der Waals surface area contributed by atoms with Crippen LogP contribution in [0, 0.1) is 19.8 Å². The number of likely N-dealkylation sites (N-methyl/N-ethyl adjacent to an activating group) is 1. The predicted octanol–water partition coefficient (Wildman–Crippen LogP) is 1.50. The first-order valence-electron chi connectivity index (χ1n) is 6.64. The van der Waals surface area contributed by atoms with Gasteiger partial charge in [0.15, 0.2) is 0 Å². The lowest BCUT2D eigenvalue weighted by Gasteiger charge is -2.24. The molecular weight excluding hydrogens is 240 g/mol. The molecule has 104 valence electrons. The molecule has 1 heterocycles. The Morgan fingerprint density at radius 2 is 1.89 bits per heavy atom. The fourth-order valence-electron chi connectivity index (χ4n) is 2.60. The van der Waals surface area contributed by atoms with Crippen molar-refractivity contribution in [3.8, 4) is 0 Å². The van der Waals surface area contributed by atoms with Crippen LogP contribution in [-0.2, 0) is 9.53 Å². The fourth-order valence-corrected chi connectivity index (χ4v) is 2.60. The lowest BCUT2D eigenvalue weighted by atomic mass is 10.0. The molecule has 1 aromatic carbocycles. The number of nitrogens with one attached hydrogen (secondary N) is 1. The zero-order chi connectivity index (χ0) is 14.0. The molecule has 2 rings (SSSR count). The molecule has 0 saturated carbocycles. The van der Waals surface area contributed by atoms with Gasteiger partial charge in [-0.15, -0.1) is 0 Å². The van der Waals surface area contributed by atoms with Crippen LogP contribution in [0.25, 0.3) is 0 Å². The number of anilines is 1. The molecule has 2 atom stereocenters. The lowest BCUT2D eigenvalue weighted by Crippen LogP contribution is -2.43. The number of ether oxygens (including phenoxy) is 1. The highest BCUT2D eigenvalue weighted by molar-refractivity contribution is 5.95. The number of aryl methyl sites for hydroxylation is 2. The van der Waals surface area contributed by atoms with E-state index in [9.17, 15) is 4.79 Å². The third-order valence-electron chi connectivity index (χ3n) is 3.69. The van der Waals surface area contributed by atoms with Gasteiger partial charge in [-0.05, 0) is 44.2 Å². The van der Waals surface area contributed by atoms with Gasteiger partial charge >= 0.3 is 0 Å². The Morgan fingerprint density at radius 1 is 1.26 bits per heavy atom. The number of carbonyl (C=O) groups is 1. The van der Waals surface area contributed by atoms with Gasteiger partial charge in [0.2, 0.25) is 5.91 Å². The average Bonchev–Trinajstić information content (AvgIpc) is 2.84. The molecule has 0 aliphatic carbocycles. The molecule has 1 aliphatic heterocycles. The maximum Gasteiger partial charge on any atom is 0.233 e. The molecule has 1 aliphatic rings. The summed E-state index contributed by atoms with van der Waals surface area (Å²) in [6.07, 6.45) is 0. The smallest absolute Gasteiger partial charge is 0.233 e. The Morgan fingerprint density at radius 3 is 2.47 bits per heavy atom. The van der Waals surface area contributed by atoms with Crippen molar-refractivity contribution in [3.05, 3.63) is 29.3 Å². The SMILES string of the molecule is CNC1COCC1C(=O)N(C)c1cc(C)cc(C)c1. The minimum absolute atomic E-state index is 0.101. The quantitative estimate of drug-likeness (QED) is 0.897. The van der Waals surface area contributed by atoms with Crippen LogP contribution >= 0.6 is 0 Å². The van der Waals surface area contributed by atoms with Gasteiger partial charge in [-0.25, -0.2) is 0 Å². The average molecular weight is 262 g/mol. The van der Waals surface area contributed by atoms with Gasteiger partial charge in [0.05, 0.1) is 19.1 Å². The van der Waals surface area contributed by atoms with Crippen LogP contribution in [0.4, 0.5) is 5.69 Å². The van der Waals surface area contributed by atoms with Gasteiger partial charge in [0.1, 0.15) is 0 Å². The van der Waals surface area contributed by atoms with Gasteiger partial charge in [0.25, 0.3) is 0 Å². The maximum atomic E-state index is 12.5. The summed E-state index contributed by atoms with van der Waals surface area (Å²) in [5, 5.41) is 3.15. The van der Waals surface area contributed by atoms with Crippen molar-refractivity contribution in [2.75, 3.05) is 32.2 Å². The molecule has 4 heteroatoms. The highest BCUT2D eigenvalue weighted by Gasteiger charge is 2.35. The first kappa shape index (κ1) is 14.0. The molecular formula is C15H22N2O2. The Labute approximate surface area is 114 Å². The van der Waals surface area contributed by atoms with Gasteiger partial charge in [0, 0.05) is 18.8 Å². The van der Waals surface area contributed by atoms with Crippen molar-refractivity contribution in [1.29, 1.82) is 0 Å². The molecule has 1 N–H and O–H groups in total. The minimum Gasteiger partial charge on any atom is -0.379 e. The molecule has 0 aromatic heterocycles. The topological polar surface area (TPSA) is 41.6 Å². The Bertz CT molecular complexity index is 453. The van der Waals surface area contributed by atoms with Crippen LogP contribution in [0.3, 0.4) is 0 Å². The largest absolute Gasteiger partial charge is 0.379 e. The Hall–Kier alpha value is -1.39. The number of nitrogens with zero attached hydrogens (tertiary/aromatic N) is 1. The summed E-state index contributed by atoms with van der Waals surface area (Å²) in [6, 6.07) is 6.29. The summed E-state index contributed by atoms with van der Waals surface area (Å²) in [4.78, 5) is 14.3. The van der Waals surface area contributed by atoms with Gasteiger partial charge < -0.3 is 15.0 Å². The van der Waals surface area contributed by atoms with Crippen molar-refractivity contribution in [1.82, 2.24) is 5.32 Å². The van der Waals surface area contributed by atoms with Gasteiger partial charge in [-0.2, -0.15) is 0 Å². The van der Waals surface area contributed by atoms with Crippen molar-refractivity contribution in [2.24, 2.45) is 5.92 Å². The first-order chi connectivity index (χ1) is 9.02. The summed E-state index contributed by atoms with van der Waals surface area (Å²) < 4.78 is 5.41. The van der Waals surface area contributed by atoms with Crippen LogP contribution in [0.2, 0.25) is 0 Å². The zero-order valence-electron chi connectivity index (χ0n) is 12.1. The number of rotatable bonds is 3. The molecule has 1 amide bonds. The van der Waals surface area contributed by atoms with Gasteiger partial charge in [-0.1, -0.05) is 6.07 Å². The van der Waals surface area contributed by atoms with Gasteiger partial charge in [-0.3, -0.25) is 4.79 Å². The summed E-state index contributed by atoms with van der Waals surface area (Å²) in [7, 11) is 3.71. The zero-order valence-corrected chi connectivity index (χ0v) is 12.1. The number of hydrogen-bond donors (Lipinski definition) is 1. The molecule has 2 unspecified atom stereocenters. The summed E-state index contributed by atoms with van der Waals surface area (Å²) in [6.45, 7) is 5.20. The lowest BCUT2D eigenvalue weighted by molar-refractivity contribution is -0.122. The molecule has 1 saturated heterocycles. The molecule has 1 aromatic rings. The van der Waals surface area contributed by atoms with E-state index in [0.29, 0.717) is 13.2 Å². The number of amides is 1. The van der Waals surface area contributed by atoms with E-state index in [1.807, 2.05) is 40.1 Å². The standard InChI is InChI=1S/C15H22N2O2/c1-10-5-11(2)7-12(6-10)17(4)15(18)13-8-19-9-14(13)16-3/h5-7,13-14,16H,8-9H2,1-4H3. The molecule has 0 bridgehead atoms. The highest BCUT2D eigenvalue weighted by Crippen LogP contribution is 2.22. The van der Waals surface area contributed by atoms with E-state index in [2.05, 4.69) is 11.4 Å². The summed E-state index contributed by atoms with van der Waals surface area (Å²) in [5.41, 5.74) is 3.29. The van der Waals surface area contributed by atoms with Crippen LogP contribution < -0.4 is 10.2 Å². The van der Waals surface area contributed by atoms with Crippen molar-refractivity contribution >= 4 is 11.6 Å². The van der Waals surface area contributed by atoms with E-state index in [4.69, 9.17) is 4.74 Å². The molecule has 0 radical (unpaired) electrons. The van der Waals surface area contributed by atoms with E-state index in [1.165, 1.54) is 11.1 Å². The van der Waals surface area contributed by atoms with E-state index in [-0.39, 0.29) is 17.9 Å². The summed E-state index contributed by atoms with van der Waals surface area (Å²) in [5.74, 6) is 0.0117. The number of benzene rings is 1. The maximum absolute atomic E-state index is 12.5. The highest BCUT2D eigenvalue weighted by atomic mass is 16.5. The molecule has 4 nitrogen and oxygen atoms in total. The van der Waals surface area contributed by atoms with Crippen LogP contribution in [0.15, 0.2) is 18.2 Å². The van der Waals surface area contributed by atoms with E-state index in [1.54, 1.807) is 4.90 Å². The van der Waals surface area contributed by atoms with Crippen LogP contribution in [0.1, 0.15) is 11.1 Å². The fraction of sp³-hybridized carbons (Fsp3) is 0.533. The Balaban J connectivity index is 2.18. The van der Waals surface area contributed by atoms with Crippen molar-refractivity contribution < 1.29 is 9.53 Å². The summed E-state index contributed by atoms with van der Waals surface area (Å²) >= 11 is 0. The second-order valence-corrected chi connectivity index (χ2v) is 5.28. The third kappa shape index (κ3) is 2.96. The normalized spacial score (nSPS) is 22.5. The van der Waals surface area contributed by atoms with Crippen molar-refractivity contribution in [2.45, 2.75) is 19.9 Å². The van der Waals surface area contributed by atoms with E-state index >= 15 is 0 Å². The molecule has 0 spiro atoms. The number of hydrogen-bond acceptors (Lipinski definition) is 3. The Kier molecular flexibility index (Phi) is 4.22. The monoisotopic (exact) mass is 262 g/mol. The minimum atomic E-state index is -0.101. The molecule has 1 fully saturated rings. The first-order valence-corrected chi connectivity index (χ1v) is 6.64. The van der Waals surface area contributed by atoms with Crippen LogP contribution in [0.5, 0.6) is 0 Å². The third-order valence-corrected chi connectivity index (χ3v) is 3.69. The van der Waals surface area contributed by atoms with E-state index < -0.39 is 0 Å². The second-order valence-electron chi connectivity index (χ2n) is 5.28. The van der Waals surface area contributed by atoms with Crippen molar-refractivity contribution in [3.63, 3.8) is 0 Å². The van der Waals surface area contributed by atoms with E-state index in [0.717, 1.165) is 5.69 Å². The predicted molar refractivity (Wildman–Crippen MR) is 76.5 cm³/mol. The second kappa shape index (κ2) is 5.72. The number of carbonyl (C=O) groups excluding carboxylic acids is 1. The molecule has 19 heavy (non-hydrogen) atoms.